The van der Waals surface area contributed by atoms with Crippen molar-refractivity contribution in [1.82, 2.24) is 0 Å². The summed E-state index contributed by atoms with van der Waals surface area (Å²) < 4.78 is 5.20. The van der Waals surface area contributed by atoms with E-state index < -0.39 is 0 Å². The van der Waals surface area contributed by atoms with E-state index in [1.165, 1.54) is 96.3 Å². The highest BCUT2D eigenvalue weighted by atomic mass is 35.5. The first-order valence-corrected chi connectivity index (χ1v) is 20.2. The molecule has 0 amide bonds. The second kappa shape index (κ2) is 11.2. The van der Waals surface area contributed by atoms with Crippen LogP contribution < -0.4 is 26.2 Å². The van der Waals surface area contributed by atoms with Crippen LogP contribution in [0, 0.1) is 6.92 Å². The number of nitrogens with zero attached hydrogens (tertiary/aromatic N) is 2. The Kier molecular flexibility index (Phi) is 6.66. The van der Waals surface area contributed by atoms with E-state index in [9.17, 15) is 0 Å². The van der Waals surface area contributed by atoms with Crippen molar-refractivity contribution in [1.29, 1.82) is 0 Å². The number of rotatable bonds is 2. The summed E-state index contributed by atoms with van der Waals surface area (Å²) in [6.07, 6.45) is 0. The number of benzene rings is 7. The summed E-state index contributed by atoms with van der Waals surface area (Å²) in [5.74, 6) is 0. The van der Waals surface area contributed by atoms with Gasteiger partial charge in [0.15, 0.2) is 0 Å². The highest BCUT2D eigenvalue weighted by Crippen LogP contribution is 2.50. The van der Waals surface area contributed by atoms with Crippen LogP contribution in [0.15, 0.2) is 133 Å². The molecule has 0 radical (unpaired) electrons. The molecule has 2 aliphatic rings. The molecule has 0 aliphatic carbocycles. The summed E-state index contributed by atoms with van der Waals surface area (Å²) in [4.78, 5) is 5.09. The van der Waals surface area contributed by atoms with Crippen LogP contribution in [0.4, 0.5) is 34.1 Å². The number of fused-ring (bicyclic) bond motifs is 10. The van der Waals surface area contributed by atoms with E-state index in [0.717, 1.165) is 10.7 Å². The SMILES string of the molecule is Cc1cc2c3c(c1)N(c1cccc4sc5ccccc5c14)c1ccc(C(C)(C)C)cc1B3c1ccc(Cl)cc1N2c1cccc2c1sc1ccccc12. The number of anilines is 6. The monoisotopic (exact) mass is 736 g/mol. The zero-order chi connectivity index (χ0) is 35.7. The van der Waals surface area contributed by atoms with Gasteiger partial charge in [-0.05, 0) is 101 Å². The molecule has 4 heterocycles. The Bertz CT molecular complexity index is 3010. The molecule has 0 unspecified atom stereocenters. The van der Waals surface area contributed by atoms with Gasteiger partial charge in [0.05, 0.1) is 16.1 Å². The molecule has 53 heavy (non-hydrogen) atoms. The van der Waals surface area contributed by atoms with Crippen LogP contribution >= 0.6 is 34.3 Å². The highest BCUT2D eigenvalue weighted by molar-refractivity contribution is 7.26. The van der Waals surface area contributed by atoms with Crippen LogP contribution in [0.3, 0.4) is 0 Å². The summed E-state index contributed by atoms with van der Waals surface area (Å²) in [7, 11) is 0. The molecule has 0 bridgehead atoms. The summed E-state index contributed by atoms with van der Waals surface area (Å²) in [5, 5.41) is 5.94. The zero-order valence-corrected chi connectivity index (χ0v) is 32.3. The van der Waals surface area contributed by atoms with Gasteiger partial charge in [0.2, 0.25) is 0 Å². The van der Waals surface area contributed by atoms with Crippen molar-refractivity contribution in [2.75, 3.05) is 9.80 Å². The van der Waals surface area contributed by atoms with Crippen LogP contribution in [0.25, 0.3) is 40.3 Å². The lowest BCUT2D eigenvalue weighted by Gasteiger charge is -2.45. The van der Waals surface area contributed by atoms with Gasteiger partial charge in [-0.25, -0.2) is 0 Å². The van der Waals surface area contributed by atoms with Crippen LogP contribution in [0.5, 0.6) is 0 Å². The topological polar surface area (TPSA) is 6.48 Å². The maximum atomic E-state index is 6.96. The minimum atomic E-state index is -0.0137. The Morgan fingerprint density at radius 3 is 1.98 bits per heavy atom. The first-order chi connectivity index (χ1) is 25.7. The lowest BCUT2D eigenvalue weighted by molar-refractivity contribution is 0.591. The molecule has 0 atom stereocenters. The number of hydrogen-bond acceptors (Lipinski definition) is 4. The first-order valence-electron chi connectivity index (χ1n) is 18.2. The maximum absolute atomic E-state index is 6.96. The molecule has 7 aromatic carbocycles. The van der Waals surface area contributed by atoms with Crippen LogP contribution in [-0.2, 0) is 5.41 Å². The van der Waals surface area contributed by atoms with Gasteiger partial charge < -0.3 is 9.80 Å². The third kappa shape index (κ3) is 4.51. The molecule has 11 rings (SSSR count). The maximum Gasteiger partial charge on any atom is 0.252 e. The van der Waals surface area contributed by atoms with Crippen molar-refractivity contribution in [3.8, 4) is 0 Å². The van der Waals surface area contributed by atoms with Gasteiger partial charge in [0.1, 0.15) is 0 Å². The molecular formula is C47H34BClN2S2. The van der Waals surface area contributed by atoms with Gasteiger partial charge in [-0.15, -0.1) is 22.7 Å². The Labute approximate surface area is 322 Å². The fourth-order valence-corrected chi connectivity index (χ4v) is 11.4. The predicted octanol–water partition coefficient (Wildman–Crippen LogP) is 12.8. The van der Waals surface area contributed by atoms with Crippen molar-refractivity contribution < 1.29 is 0 Å². The molecule has 0 fully saturated rings. The molecule has 0 saturated heterocycles. The molecule has 6 heteroatoms. The van der Waals surface area contributed by atoms with Gasteiger partial charge in [-0.1, -0.05) is 105 Å². The van der Waals surface area contributed by atoms with Crippen molar-refractivity contribution >= 4 is 132 Å². The standard InChI is InChI=1S/C47H34BClN2S2/c1-27-23-39-45-40(24-27)51(37-15-9-13-31-30-11-5-7-16-41(30)53-46(31)37)38-26-29(49)20-21-33(38)48(45)34-25-28(47(2,3)4)19-22-35(34)50(39)36-14-10-18-43-44(36)32-12-6-8-17-42(32)52-43/h5-26H,1-4H3. The van der Waals surface area contributed by atoms with Crippen LogP contribution in [-0.4, -0.2) is 6.71 Å². The summed E-state index contributed by atoms with van der Waals surface area (Å²) in [6.45, 7) is 9.22. The van der Waals surface area contributed by atoms with Gasteiger partial charge >= 0.3 is 0 Å². The number of aryl methyl sites for hydroxylation is 1. The van der Waals surface area contributed by atoms with Gasteiger partial charge in [0, 0.05) is 63.4 Å². The molecule has 0 saturated carbocycles. The first kappa shape index (κ1) is 31.5. The normalized spacial score (nSPS) is 13.6. The summed E-state index contributed by atoms with van der Waals surface area (Å²) >= 11 is 10.7. The largest absolute Gasteiger partial charge is 0.311 e. The van der Waals surface area contributed by atoms with E-state index in [1.54, 1.807) is 0 Å². The quantitative estimate of drug-likeness (QED) is 0.163. The molecule has 0 spiro atoms. The van der Waals surface area contributed by atoms with E-state index in [4.69, 9.17) is 11.6 Å². The fraction of sp³-hybridized carbons (Fsp3) is 0.106. The molecule has 9 aromatic rings. The third-order valence-electron chi connectivity index (χ3n) is 11.3. The van der Waals surface area contributed by atoms with Crippen LogP contribution in [0.1, 0.15) is 31.9 Å². The number of halogens is 1. The van der Waals surface area contributed by atoms with Gasteiger partial charge in [-0.2, -0.15) is 0 Å². The molecular weight excluding hydrogens is 703 g/mol. The van der Waals surface area contributed by atoms with Crippen molar-refractivity contribution in [3.63, 3.8) is 0 Å². The van der Waals surface area contributed by atoms with E-state index in [0.29, 0.717) is 0 Å². The number of thiophene rings is 2. The smallest absolute Gasteiger partial charge is 0.252 e. The third-order valence-corrected chi connectivity index (χ3v) is 13.9. The van der Waals surface area contributed by atoms with Gasteiger partial charge in [0.25, 0.3) is 6.71 Å². The minimum absolute atomic E-state index is 0.0137. The van der Waals surface area contributed by atoms with Crippen molar-refractivity contribution in [2.45, 2.75) is 33.1 Å². The summed E-state index contributed by atoms with van der Waals surface area (Å²) in [6, 6.07) is 49.8. The van der Waals surface area contributed by atoms with E-state index in [2.05, 4.69) is 171 Å². The molecule has 0 N–H and O–H groups in total. The number of hydrogen-bond donors (Lipinski definition) is 0. The zero-order valence-electron chi connectivity index (χ0n) is 29.9. The average Bonchev–Trinajstić information content (AvgIpc) is 3.73. The molecule has 2 nitrogen and oxygen atoms in total. The molecule has 254 valence electrons. The average molecular weight is 737 g/mol. The summed E-state index contributed by atoms with van der Waals surface area (Å²) in [5.41, 5.74) is 13.7. The predicted molar refractivity (Wildman–Crippen MR) is 235 cm³/mol. The Hall–Kier alpha value is -5.07. The molecule has 2 aliphatic heterocycles. The second-order valence-electron chi connectivity index (χ2n) is 15.5. The van der Waals surface area contributed by atoms with E-state index >= 15 is 0 Å². The van der Waals surface area contributed by atoms with E-state index in [-0.39, 0.29) is 12.1 Å². The van der Waals surface area contributed by atoms with Crippen LogP contribution in [0.2, 0.25) is 5.02 Å². The fourth-order valence-electron chi connectivity index (χ4n) is 8.94. The van der Waals surface area contributed by atoms with Crippen molar-refractivity contribution in [3.05, 3.63) is 150 Å². The van der Waals surface area contributed by atoms with E-state index in [1.807, 2.05) is 22.7 Å². The van der Waals surface area contributed by atoms with Gasteiger partial charge in [-0.3, -0.25) is 0 Å². The van der Waals surface area contributed by atoms with Crippen molar-refractivity contribution in [2.24, 2.45) is 0 Å². The lowest BCUT2D eigenvalue weighted by Crippen LogP contribution is -2.61. The Balaban J connectivity index is 1.27. The Morgan fingerprint density at radius 1 is 0.528 bits per heavy atom. The second-order valence-corrected chi connectivity index (χ2v) is 18.1. The minimum Gasteiger partial charge on any atom is -0.311 e. The highest BCUT2D eigenvalue weighted by Gasteiger charge is 2.44. The Morgan fingerprint density at radius 2 is 1.19 bits per heavy atom. The lowest BCUT2D eigenvalue weighted by atomic mass is 9.33. The molecule has 2 aromatic heterocycles.